The summed E-state index contributed by atoms with van der Waals surface area (Å²) < 4.78 is 0.992. The molecule has 0 saturated heterocycles. The molecule has 0 unspecified atom stereocenters. The smallest absolute Gasteiger partial charge is 0.0806 e. The fourth-order valence-electron chi connectivity index (χ4n) is 1.29. The molecule has 1 aromatic carbocycles. The molecule has 14 heavy (non-hydrogen) atoms. The van der Waals surface area contributed by atoms with E-state index < -0.39 is 5.41 Å². The number of nitriles is 1. The van der Waals surface area contributed by atoms with Crippen LogP contribution in [0.4, 0.5) is 0 Å². The minimum Gasteiger partial charge on any atom is -0.197 e. The summed E-state index contributed by atoms with van der Waals surface area (Å²) in [4.78, 5) is 0. The molecule has 1 nitrogen and oxygen atoms in total. The molecule has 0 N–H and O–H groups in total. The first-order valence-electron chi connectivity index (χ1n) is 4.35. The van der Waals surface area contributed by atoms with Crippen LogP contribution in [0.1, 0.15) is 18.9 Å². The Morgan fingerprint density at radius 2 is 2.29 bits per heavy atom. The summed E-state index contributed by atoms with van der Waals surface area (Å²) in [6.45, 7) is 1.91. The SMILES string of the molecule is C[C@](C#N)(CCCl)c1cccc(Br)c1. The molecule has 0 amide bonds. The van der Waals surface area contributed by atoms with Crippen molar-refractivity contribution >= 4 is 27.5 Å². The third kappa shape index (κ3) is 2.50. The number of benzene rings is 1. The Bertz CT molecular complexity index is 359. The summed E-state index contributed by atoms with van der Waals surface area (Å²) in [5.74, 6) is 0.497. The van der Waals surface area contributed by atoms with E-state index in [0.717, 1.165) is 10.0 Å². The maximum Gasteiger partial charge on any atom is 0.0806 e. The highest BCUT2D eigenvalue weighted by Gasteiger charge is 2.25. The molecule has 0 saturated carbocycles. The van der Waals surface area contributed by atoms with E-state index >= 15 is 0 Å². The van der Waals surface area contributed by atoms with Crippen LogP contribution in [0, 0.1) is 11.3 Å². The molecule has 1 rings (SSSR count). The van der Waals surface area contributed by atoms with E-state index in [1.807, 2.05) is 31.2 Å². The average molecular weight is 273 g/mol. The second-order valence-electron chi connectivity index (χ2n) is 3.39. The van der Waals surface area contributed by atoms with Crippen LogP contribution in [0.5, 0.6) is 0 Å². The molecule has 3 heteroatoms. The molecular formula is C11H11BrClN. The fraction of sp³-hybridized carbons (Fsp3) is 0.364. The number of hydrogen-bond donors (Lipinski definition) is 0. The highest BCUT2D eigenvalue weighted by molar-refractivity contribution is 9.10. The molecule has 1 aromatic rings. The lowest BCUT2D eigenvalue weighted by Crippen LogP contribution is -2.20. The molecule has 0 heterocycles. The quantitative estimate of drug-likeness (QED) is 0.767. The molecule has 0 spiro atoms. The van der Waals surface area contributed by atoms with Gasteiger partial charge in [0, 0.05) is 10.4 Å². The summed E-state index contributed by atoms with van der Waals surface area (Å²) in [7, 11) is 0. The van der Waals surface area contributed by atoms with Crippen LogP contribution in [0.2, 0.25) is 0 Å². The summed E-state index contributed by atoms with van der Waals surface area (Å²) in [6, 6.07) is 10.1. The van der Waals surface area contributed by atoms with Crippen molar-refractivity contribution in [3.63, 3.8) is 0 Å². The first kappa shape index (κ1) is 11.6. The van der Waals surface area contributed by atoms with Crippen LogP contribution < -0.4 is 0 Å². The van der Waals surface area contributed by atoms with Crippen molar-refractivity contribution < 1.29 is 0 Å². The standard InChI is InChI=1S/C11H11BrClN/c1-11(8-14,5-6-13)9-3-2-4-10(12)7-9/h2-4,7H,5-6H2,1H3/t11-/m1/s1. The zero-order valence-corrected chi connectivity index (χ0v) is 10.3. The summed E-state index contributed by atoms with van der Waals surface area (Å²) in [5.41, 5.74) is 0.529. The summed E-state index contributed by atoms with van der Waals surface area (Å²) in [5, 5.41) is 9.14. The van der Waals surface area contributed by atoms with Crippen molar-refractivity contribution in [2.75, 3.05) is 5.88 Å². The Morgan fingerprint density at radius 1 is 1.57 bits per heavy atom. The number of rotatable bonds is 3. The minimum atomic E-state index is -0.481. The van der Waals surface area contributed by atoms with Crippen molar-refractivity contribution in [2.45, 2.75) is 18.8 Å². The lowest BCUT2D eigenvalue weighted by atomic mass is 9.82. The number of halogens is 2. The fourth-order valence-corrected chi connectivity index (χ4v) is 2.06. The predicted octanol–water partition coefficient (Wildman–Crippen LogP) is 3.86. The average Bonchev–Trinajstić information content (AvgIpc) is 2.18. The molecule has 0 bridgehead atoms. The van der Waals surface area contributed by atoms with Crippen molar-refractivity contribution in [1.29, 1.82) is 5.26 Å². The van der Waals surface area contributed by atoms with Gasteiger partial charge in [-0.3, -0.25) is 0 Å². The van der Waals surface area contributed by atoms with E-state index in [4.69, 9.17) is 16.9 Å². The van der Waals surface area contributed by atoms with Crippen LogP contribution in [0.25, 0.3) is 0 Å². The van der Waals surface area contributed by atoms with E-state index in [1.165, 1.54) is 0 Å². The van der Waals surface area contributed by atoms with Gasteiger partial charge < -0.3 is 0 Å². The Kier molecular flexibility index (Phi) is 3.97. The maximum atomic E-state index is 9.14. The Hall–Kier alpha value is -0.520. The molecule has 0 aliphatic rings. The molecule has 0 aliphatic heterocycles. The molecule has 0 radical (unpaired) electrons. The van der Waals surface area contributed by atoms with Crippen molar-refractivity contribution in [1.82, 2.24) is 0 Å². The number of alkyl halides is 1. The first-order chi connectivity index (χ1) is 6.62. The second kappa shape index (κ2) is 4.82. The molecular weight excluding hydrogens is 261 g/mol. The van der Waals surface area contributed by atoms with Gasteiger partial charge in [-0.05, 0) is 31.0 Å². The van der Waals surface area contributed by atoms with E-state index in [2.05, 4.69) is 22.0 Å². The topological polar surface area (TPSA) is 23.8 Å². The van der Waals surface area contributed by atoms with Crippen LogP contribution in [0.15, 0.2) is 28.7 Å². The van der Waals surface area contributed by atoms with Crippen LogP contribution in [0.3, 0.4) is 0 Å². The predicted molar refractivity (Wildman–Crippen MR) is 62.4 cm³/mol. The van der Waals surface area contributed by atoms with Gasteiger partial charge in [-0.15, -0.1) is 11.6 Å². The largest absolute Gasteiger partial charge is 0.197 e. The van der Waals surface area contributed by atoms with E-state index in [-0.39, 0.29) is 0 Å². The molecule has 0 aromatic heterocycles. The van der Waals surface area contributed by atoms with Crippen LogP contribution >= 0.6 is 27.5 Å². The van der Waals surface area contributed by atoms with Gasteiger partial charge in [-0.2, -0.15) is 5.26 Å². The summed E-state index contributed by atoms with van der Waals surface area (Å²) >= 11 is 9.08. The molecule has 0 aliphatic carbocycles. The highest BCUT2D eigenvalue weighted by Crippen LogP contribution is 2.29. The van der Waals surface area contributed by atoms with Crippen LogP contribution in [-0.2, 0) is 5.41 Å². The van der Waals surface area contributed by atoms with Crippen molar-refractivity contribution in [2.24, 2.45) is 0 Å². The van der Waals surface area contributed by atoms with E-state index in [1.54, 1.807) is 0 Å². The van der Waals surface area contributed by atoms with E-state index in [0.29, 0.717) is 12.3 Å². The Morgan fingerprint density at radius 3 is 2.79 bits per heavy atom. The zero-order chi connectivity index (χ0) is 10.6. The highest BCUT2D eigenvalue weighted by atomic mass is 79.9. The van der Waals surface area contributed by atoms with Gasteiger partial charge in [0.15, 0.2) is 0 Å². The lowest BCUT2D eigenvalue weighted by Gasteiger charge is -2.20. The zero-order valence-electron chi connectivity index (χ0n) is 7.93. The summed E-state index contributed by atoms with van der Waals surface area (Å²) in [6.07, 6.45) is 0.668. The van der Waals surface area contributed by atoms with Crippen molar-refractivity contribution in [3.8, 4) is 6.07 Å². The number of hydrogen-bond acceptors (Lipinski definition) is 1. The number of nitrogens with zero attached hydrogens (tertiary/aromatic N) is 1. The Balaban J connectivity index is 3.07. The normalized spacial score (nSPS) is 14.4. The van der Waals surface area contributed by atoms with Crippen LogP contribution in [-0.4, -0.2) is 5.88 Å². The van der Waals surface area contributed by atoms with Gasteiger partial charge >= 0.3 is 0 Å². The van der Waals surface area contributed by atoms with Gasteiger partial charge in [0.25, 0.3) is 0 Å². The maximum absolute atomic E-state index is 9.14. The van der Waals surface area contributed by atoms with Gasteiger partial charge in [0.2, 0.25) is 0 Å². The van der Waals surface area contributed by atoms with Crippen molar-refractivity contribution in [3.05, 3.63) is 34.3 Å². The third-order valence-electron chi connectivity index (χ3n) is 2.30. The lowest BCUT2D eigenvalue weighted by molar-refractivity contribution is 0.590. The third-order valence-corrected chi connectivity index (χ3v) is 2.99. The van der Waals surface area contributed by atoms with Gasteiger partial charge in [0.05, 0.1) is 11.5 Å². The second-order valence-corrected chi connectivity index (χ2v) is 4.69. The minimum absolute atomic E-state index is 0.481. The Labute approximate surface area is 97.8 Å². The first-order valence-corrected chi connectivity index (χ1v) is 5.68. The van der Waals surface area contributed by atoms with E-state index in [9.17, 15) is 0 Å². The van der Waals surface area contributed by atoms with Gasteiger partial charge in [0.1, 0.15) is 0 Å². The monoisotopic (exact) mass is 271 g/mol. The molecule has 0 fully saturated rings. The van der Waals surface area contributed by atoms with Gasteiger partial charge in [-0.25, -0.2) is 0 Å². The molecule has 1 atom stereocenters. The van der Waals surface area contributed by atoms with Gasteiger partial charge in [-0.1, -0.05) is 28.1 Å². The molecule has 74 valence electrons.